The molecular formula is C20H19N5O. The van der Waals surface area contributed by atoms with Crippen LogP contribution in [0.25, 0.3) is 11.0 Å². The highest BCUT2D eigenvalue weighted by Gasteiger charge is 2.20. The lowest BCUT2D eigenvalue weighted by Crippen LogP contribution is -2.30. The fourth-order valence-electron chi connectivity index (χ4n) is 2.98. The third-order valence-corrected chi connectivity index (χ3v) is 4.29. The van der Waals surface area contributed by atoms with Crippen LogP contribution in [0.4, 0.5) is 0 Å². The number of nitrogens with one attached hydrogen (secondary N) is 2. The molecule has 2 N–H and O–H groups in total. The van der Waals surface area contributed by atoms with E-state index in [1.165, 1.54) is 0 Å². The maximum Gasteiger partial charge on any atom is 0.255 e. The van der Waals surface area contributed by atoms with E-state index in [1.807, 2.05) is 54.6 Å². The number of fused-ring (bicyclic) bond motifs is 1. The van der Waals surface area contributed by atoms with Gasteiger partial charge >= 0.3 is 0 Å². The van der Waals surface area contributed by atoms with Crippen molar-refractivity contribution in [3.8, 4) is 0 Å². The Kier molecular flexibility index (Phi) is 4.23. The number of carbonyl (C=O) groups is 1. The molecule has 0 saturated carbocycles. The summed E-state index contributed by atoms with van der Waals surface area (Å²) < 4.78 is 1.61. The molecule has 0 unspecified atom stereocenters. The molecule has 4 rings (SSSR count). The Morgan fingerprint density at radius 3 is 2.65 bits per heavy atom. The van der Waals surface area contributed by atoms with Crippen molar-refractivity contribution in [2.45, 2.75) is 12.5 Å². The minimum Gasteiger partial charge on any atom is -0.342 e. The van der Waals surface area contributed by atoms with Crippen LogP contribution in [0.15, 0.2) is 67.0 Å². The van der Waals surface area contributed by atoms with Crippen molar-refractivity contribution in [1.29, 1.82) is 0 Å². The predicted octanol–water partition coefficient (Wildman–Crippen LogP) is 3.01. The second kappa shape index (κ2) is 6.84. The molecule has 6 heteroatoms. The van der Waals surface area contributed by atoms with Crippen molar-refractivity contribution < 1.29 is 4.79 Å². The second-order valence-electron chi connectivity index (χ2n) is 6.26. The molecule has 0 saturated heterocycles. The first kappa shape index (κ1) is 16.1. The fourth-order valence-corrected chi connectivity index (χ4v) is 2.98. The van der Waals surface area contributed by atoms with Gasteiger partial charge in [-0.3, -0.25) is 9.48 Å². The summed E-state index contributed by atoms with van der Waals surface area (Å²) in [4.78, 5) is 20.6. The molecule has 2 aromatic carbocycles. The van der Waals surface area contributed by atoms with Crippen molar-refractivity contribution in [2.75, 3.05) is 0 Å². The molecule has 0 spiro atoms. The van der Waals surface area contributed by atoms with Gasteiger partial charge in [0.1, 0.15) is 5.82 Å². The van der Waals surface area contributed by atoms with Gasteiger partial charge in [-0.15, -0.1) is 0 Å². The van der Waals surface area contributed by atoms with E-state index in [-0.39, 0.29) is 11.9 Å². The van der Waals surface area contributed by atoms with Gasteiger partial charge in [-0.1, -0.05) is 42.5 Å². The molecule has 4 aromatic rings. The van der Waals surface area contributed by atoms with Gasteiger partial charge in [-0.25, -0.2) is 4.98 Å². The molecular weight excluding hydrogens is 326 g/mol. The lowest BCUT2D eigenvalue weighted by molar-refractivity contribution is 0.0935. The molecule has 0 bridgehead atoms. The van der Waals surface area contributed by atoms with Crippen LogP contribution in [0.1, 0.15) is 27.8 Å². The third-order valence-electron chi connectivity index (χ3n) is 4.29. The molecule has 130 valence electrons. The van der Waals surface area contributed by atoms with E-state index < -0.39 is 0 Å². The van der Waals surface area contributed by atoms with Crippen LogP contribution in [-0.4, -0.2) is 25.7 Å². The predicted molar refractivity (Wildman–Crippen MR) is 99.7 cm³/mol. The largest absolute Gasteiger partial charge is 0.342 e. The minimum absolute atomic E-state index is 0.167. The maximum atomic E-state index is 12.6. The van der Waals surface area contributed by atoms with Crippen LogP contribution in [0.3, 0.4) is 0 Å². The van der Waals surface area contributed by atoms with E-state index in [2.05, 4.69) is 20.4 Å². The summed E-state index contributed by atoms with van der Waals surface area (Å²) in [6, 6.07) is 17.6. The van der Waals surface area contributed by atoms with E-state index in [4.69, 9.17) is 0 Å². The van der Waals surface area contributed by atoms with Crippen LogP contribution in [0.2, 0.25) is 0 Å². The number of hydrogen-bond donors (Lipinski definition) is 2. The van der Waals surface area contributed by atoms with Gasteiger partial charge in [0, 0.05) is 13.2 Å². The van der Waals surface area contributed by atoms with Gasteiger partial charge in [0.05, 0.1) is 28.8 Å². The highest BCUT2D eigenvalue weighted by atomic mass is 16.1. The molecule has 1 atom stereocenters. The SMILES string of the molecule is Cn1cc(C(=O)N[C@H](Cc2ccccc2)c2nc3ccccc3[nH]2)cn1. The van der Waals surface area contributed by atoms with Crippen LogP contribution in [0, 0.1) is 0 Å². The molecule has 2 aromatic heterocycles. The number of aromatic nitrogens is 4. The molecule has 2 heterocycles. The first-order valence-electron chi connectivity index (χ1n) is 8.47. The first-order chi connectivity index (χ1) is 12.7. The summed E-state index contributed by atoms with van der Waals surface area (Å²) in [6.07, 6.45) is 3.91. The normalized spacial score (nSPS) is 12.2. The van der Waals surface area contributed by atoms with Gasteiger partial charge in [0.2, 0.25) is 0 Å². The number of aromatic amines is 1. The second-order valence-corrected chi connectivity index (χ2v) is 6.26. The standard InChI is InChI=1S/C20H19N5O/c1-25-13-15(12-21-25)20(26)24-18(11-14-7-3-2-4-8-14)19-22-16-9-5-6-10-17(16)23-19/h2-10,12-13,18H,11H2,1H3,(H,22,23)(H,24,26)/t18-/m1/s1. The monoisotopic (exact) mass is 345 g/mol. The number of amides is 1. The van der Waals surface area contributed by atoms with Gasteiger partial charge in [0.25, 0.3) is 5.91 Å². The number of carbonyl (C=O) groups excluding carboxylic acids is 1. The Morgan fingerprint density at radius 2 is 1.92 bits per heavy atom. The summed E-state index contributed by atoms with van der Waals surface area (Å²) in [7, 11) is 1.79. The fraction of sp³-hybridized carbons (Fsp3) is 0.150. The molecule has 0 aliphatic heterocycles. The average molecular weight is 345 g/mol. The molecule has 0 aliphatic carbocycles. The van der Waals surface area contributed by atoms with Crippen molar-refractivity contribution in [1.82, 2.24) is 25.1 Å². The highest BCUT2D eigenvalue weighted by molar-refractivity contribution is 5.94. The van der Waals surface area contributed by atoms with Gasteiger partial charge in [-0.05, 0) is 24.1 Å². The Hall–Kier alpha value is -3.41. The Labute approximate surface area is 150 Å². The van der Waals surface area contributed by atoms with Crippen LogP contribution in [-0.2, 0) is 13.5 Å². The Bertz CT molecular complexity index is 1000. The zero-order valence-electron chi connectivity index (χ0n) is 14.4. The summed E-state index contributed by atoms with van der Waals surface area (Å²) in [5, 5.41) is 7.16. The number of imidazole rings is 1. The van der Waals surface area contributed by atoms with E-state index in [0.29, 0.717) is 12.0 Å². The summed E-state index contributed by atoms with van der Waals surface area (Å²) in [5.74, 6) is 0.576. The topological polar surface area (TPSA) is 75.6 Å². The lowest BCUT2D eigenvalue weighted by atomic mass is 10.1. The van der Waals surface area contributed by atoms with Crippen molar-refractivity contribution in [3.63, 3.8) is 0 Å². The Balaban J connectivity index is 1.65. The molecule has 6 nitrogen and oxygen atoms in total. The van der Waals surface area contributed by atoms with Crippen LogP contribution < -0.4 is 5.32 Å². The van der Waals surface area contributed by atoms with Crippen molar-refractivity contribution >= 4 is 16.9 Å². The zero-order valence-corrected chi connectivity index (χ0v) is 14.4. The Morgan fingerprint density at radius 1 is 1.15 bits per heavy atom. The molecule has 0 radical (unpaired) electrons. The first-order valence-corrected chi connectivity index (χ1v) is 8.47. The number of aryl methyl sites for hydroxylation is 1. The highest BCUT2D eigenvalue weighted by Crippen LogP contribution is 2.20. The third kappa shape index (κ3) is 3.35. The zero-order chi connectivity index (χ0) is 17.9. The van der Waals surface area contributed by atoms with Crippen molar-refractivity contribution in [3.05, 3.63) is 83.9 Å². The number of hydrogen-bond acceptors (Lipinski definition) is 3. The van der Waals surface area contributed by atoms with E-state index in [9.17, 15) is 4.79 Å². The van der Waals surface area contributed by atoms with Gasteiger partial charge in [-0.2, -0.15) is 5.10 Å². The quantitative estimate of drug-likeness (QED) is 0.584. The summed E-state index contributed by atoms with van der Waals surface area (Å²) in [6.45, 7) is 0. The van der Waals surface area contributed by atoms with Gasteiger partial charge < -0.3 is 10.3 Å². The minimum atomic E-state index is -0.266. The number of H-pyrrole nitrogens is 1. The average Bonchev–Trinajstić information content (AvgIpc) is 3.28. The van der Waals surface area contributed by atoms with Crippen LogP contribution in [0.5, 0.6) is 0 Å². The number of nitrogens with zero attached hydrogens (tertiary/aromatic N) is 3. The molecule has 1 amide bonds. The number of benzene rings is 2. The smallest absolute Gasteiger partial charge is 0.255 e. The molecule has 26 heavy (non-hydrogen) atoms. The maximum absolute atomic E-state index is 12.6. The van der Waals surface area contributed by atoms with E-state index >= 15 is 0 Å². The summed E-state index contributed by atoms with van der Waals surface area (Å²) >= 11 is 0. The lowest BCUT2D eigenvalue weighted by Gasteiger charge is -2.16. The number of para-hydroxylation sites is 2. The molecule has 0 aliphatic rings. The van der Waals surface area contributed by atoms with Crippen LogP contribution >= 0.6 is 0 Å². The van der Waals surface area contributed by atoms with E-state index in [1.54, 1.807) is 24.1 Å². The van der Waals surface area contributed by atoms with Gasteiger partial charge in [0.15, 0.2) is 0 Å². The number of rotatable bonds is 5. The summed E-state index contributed by atoms with van der Waals surface area (Å²) in [5.41, 5.74) is 3.50. The van der Waals surface area contributed by atoms with E-state index in [0.717, 1.165) is 22.4 Å². The molecule has 0 fully saturated rings. The van der Waals surface area contributed by atoms with Crippen molar-refractivity contribution in [2.24, 2.45) is 7.05 Å².